The molecule has 2 aliphatic rings. The Morgan fingerprint density at radius 1 is 1.38 bits per heavy atom. The quantitative estimate of drug-likeness (QED) is 0.899. The molecule has 1 heterocycles. The lowest BCUT2D eigenvalue weighted by atomic mass is 9.61. The molecular weight excluding hydrogens is 282 g/mol. The molecule has 3 rings (SSSR count). The summed E-state index contributed by atoms with van der Waals surface area (Å²) in [6.07, 6.45) is 4.27. The number of nitrogens with zero attached hydrogens (tertiary/aromatic N) is 1. The molecule has 0 aliphatic heterocycles. The van der Waals surface area contributed by atoms with Gasteiger partial charge in [0.15, 0.2) is 5.13 Å². The van der Waals surface area contributed by atoms with Crippen LogP contribution in [0.5, 0.6) is 0 Å². The third-order valence-electron chi connectivity index (χ3n) is 5.57. The number of carbonyl (C=O) groups excluding carboxylic acids is 1. The number of amides is 1. The van der Waals surface area contributed by atoms with Crippen molar-refractivity contribution in [1.29, 1.82) is 0 Å². The van der Waals surface area contributed by atoms with Crippen molar-refractivity contribution in [3.05, 3.63) is 11.1 Å². The highest BCUT2D eigenvalue weighted by molar-refractivity contribution is 7.13. The minimum atomic E-state index is -0.0711. The minimum Gasteiger partial charge on any atom is -0.327 e. The molecule has 4 nitrogen and oxygen atoms in total. The Balaban J connectivity index is 1.69. The predicted molar refractivity (Wildman–Crippen MR) is 86.4 cm³/mol. The Morgan fingerprint density at radius 3 is 2.76 bits per heavy atom. The van der Waals surface area contributed by atoms with Crippen molar-refractivity contribution in [2.75, 3.05) is 5.32 Å². The van der Waals surface area contributed by atoms with Crippen LogP contribution < -0.4 is 11.1 Å². The number of hydrogen-bond donors (Lipinski definition) is 2. The lowest BCUT2D eigenvalue weighted by molar-refractivity contribution is -0.127. The summed E-state index contributed by atoms with van der Waals surface area (Å²) in [5, 5.41) is 5.86. The van der Waals surface area contributed by atoms with E-state index in [1.54, 1.807) is 11.3 Å². The van der Waals surface area contributed by atoms with Crippen LogP contribution in [-0.4, -0.2) is 16.9 Å². The Labute approximate surface area is 130 Å². The van der Waals surface area contributed by atoms with Gasteiger partial charge in [0.25, 0.3) is 0 Å². The number of anilines is 1. The van der Waals surface area contributed by atoms with Gasteiger partial charge in [0.1, 0.15) is 0 Å². The Kier molecular flexibility index (Phi) is 3.82. The van der Waals surface area contributed by atoms with E-state index in [1.165, 1.54) is 12.8 Å². The summed E-state index contributed by atoms with van der Waals surface area (Å²) in [5.74, 6) is 1.10. The fourth-order valence-corrected chi connectivity index (χ4v) is 4.22. The molecule has 1 aromatic heterocycles. The van der Waals surface area contributed by atoms with Gasteiger partial charge in [-0.2, -0.15) is 0 Å². The summed E-state index contributed by atoms with van der Waals surface area (Å²) >= 11 is 1.54. The second-order valence-corrected chi connectivity index (χ2v) is 8.10. The number of aromatic nitrogens is 1. The predicted octanol–water partition coefficient (Wildman–Crippen LogP) is 3.36. The zero-order chi connectivity index (χ0) is 15.2. The monoisotopic (exact) mass is 307 g/mol. The number of nitrogens with one attached hydrogen (secondary N) is 1. The molecule has 3 atom stereocenters. The van der Waals surface area contributed by atoms with Gasteiger partial charge < -0.3 is 11.1 Å². The van der Waals surface area contributed by atoms with Gasteiger partial charge in [0.05, 0.1) is 5.69 Å². The number of carbonyl (C=O) groups is 1. The maximum Gasteiger partial charge on any atom is 0.229 e. The third-order valence-corrected chi connectivity index (χ3v) is 6.34. The van der Waals surface area contributed by atoms with Gasteiger partial charge >= 0.3 is 0 Å². The number of hydrogen-bond acceptors (Lipinski definition) is 4. The summed E-state index contributed by atoms with van der Waals surface area (Å²) in [6.45, 7) is 6.50. The molecule has 116 valence electrons. The number of nitrogens with two attached hydrogens (primary N) is 1. The lowest BCUT2D eigenvalue weighted by Crippen LogP contribution is -2.50. The summed E-state index contributed by atoms with van der Waals surface area (Å²) in [7, 11) is 0. The van der Waals surface area contributed by atoms with E-state index >= 15 is 0 Å². The van der Waals surface area contributed by atoms with Gasteiger partial charge in [0.2, 0.25) is 5.91 Å². The first-order valence-electron chi connectivity index (χ1n) is 7.91. The highest BCUT2D eigenvalue weighted by atomic mass is 32.1. The molecular formula is C16H25N3OS. The minimum absolute atomic E-state index is 0.0144. The maximum absolute atomic E-state index is 12.6. The largest absolute Gasteiger partial charge is 0.327 e. The van der Waals surface area contributed by atoms with E-state index in [4.69, 9.17) is 5.73 Å². The third kappa shape index (κ3) is 2.86. The van der Waals surface area contributed by atoms with Crippen LogP contribution in [0.15, 0.2) is 5.38 Å². The highest BCUT2D eigenvalue weighted by Gasteiger charge is 2.45. The normalized spacial score (nSPS) is 31.9. The first-order valence-corrected chi connectivity index (χ1v) is 8.79. The summed E-state index contributed by atoms with van der Waals surface area (Å²) in [5.41, 5.74) is 7.25. The average Bonchev–Trinajstić information content (AvgIpc) is 3.17. The van der Waals surface area contributed by atoms with E-state index in [9.17, 15) is 4.79 Å². The van der Waals surface area contributed by atoms with Crippen molar-refractivity contribution in [3.8, 4) is 0 Å². The molecule has 0 bridgehead atoms. The van der Waals surface area contributed by atoms with Gasteiger partial charge in [-0.15, -0.1) is 11.3 Å². The van der Waals surface area contributed by atoms with Gasteiger partial charge in [-0.25, -0.2) is 4.98 Å². The second kappa shape index (κ2) is 5.36. The van der Waals surface area contributed by atoms with E-state index in [1.807, 2.05) is 0 Å². The molecule has 0 aromatic carbocycles. The van der Waals surface area contributed by atoms with Crippen molar-refractivity contribution in [2.24, 2.45) is 23.0 Å². The first-order chi connectivity index (χ1) is 9.89. The summed E-state index contributed by atoms with van der Waals surface area (Å²) < 4.78 is 0. The Hall–Kier alpha value is -0.940. The van der Waals surface area contributed by atoms with Gasteiger partial charge in [0, 0.05) is 23.3 Å². The molecule has 5 heteroatoms. The van der Waals surface area contributed by atoms with Gasteiger partial charge in [-0.3, -0.25) is 4.79 Å². The molecule has 0 spiro atoms. The molecule has 1 amide bonds. The highest BCUT2D eigenvalue weighted by Crippen LogP contribution is 2.45. The van der Waals surface area contributed by atoms with E-state index in [-0.39, 0.29) is 23.3 Å². The molecule has 0 radical (unpaired) electrons. The standard InChI is InChI=1S/C16H25N3OS/c1-9-12(17)7-6-11(16(9,2)3)14(20)19-15-18-13(8-21-15)10-4-5-10/h8-12H,4-7,17H2,1-3H3,(H,18,19,20). The lowest BCUT2D eigenvalue weighted by Gasteiger charge is -2.45. The van der Waals surface area contributed by atoms with E-state index in [0.717, 1.165) is 23.7 Å². The molecule has 2 fully saturated rings. The smallest absolute Gasteiger partial charge is 0.229 e. The van der Waals surface area contributed by atoms with Crippen molar-refractivity contribution in [2.45, 2.75) is 58.4 Å². The summed E-state index contributed by atoms with van der Waals surface area (Å²) in [6, 6.07) is 0.199. The maximum atomic E-state index is 12.6. The average molecular weight is 307 g/mol. The molecule has 2 saturated carbocycles. The molecule has 2 aliphatic carbocycles. The SMILES string of the molecule is CC1C(N)CCC(C(=O)Nc2nc(C3CC3)cs2)C1(C)C. The van der Waals surface area contributed by atoms with Crippen LogP contribution in [0.2, 0.25) is 0 Å². The van der Waals surface area contributed by atoms with Crippen LogP contribution in [0.4, 0.5) is 5.13 Å². The van der Waals surface area contributed by atoms with Crippen LogP contribution in [0.1, 0.15) is 58.1 Å². The molecule has 3 unspecified atom stereocenters. The zero-order valence-corrected chi connectivity index (χ0v) is 13.9. The first kappa shape index (κ1) is 15.0. The Morgan fingerprint density at radius 2 is 2.10 bits per heavy atom. The van der Waals surface area contributed by atoms with Crippen molar-refractivity contribution >= 4 is 22.4 Å². The zero-order valence-electron chi connectivity index (χ0n) is 13.1. The summed E-state index contributed by atoms with van der Waals surface area (Å²) in [4.78, 5) is 17.2. The van der Waals surface area contributed by atoms with E-state index < -0.39 is 0 Å². The van der Waals surface area contributed by atoms with Crippen LogP contribution >= 0.6 is 11.3 Å². The van der Waals surface area contributed by atoms with Crippen molar-refractivity contribution in [1.82, 2.24) is 4.98 Å². The van der Waals surface area contributed by atoms with Crippen LogP contribution in [0.25, 0.3) is 0 Å². The van der Waals surface area contributed by atoms with E-state index in [0.29, 0.717) is 11.8 Å². The van der Waals surface area contributed by atoms with Crippen LogP contribution in [0.3, 0.4) is 0 Å². The number of rotatable bonds is 3. The van der Waals surface area contributed by atoms with Crippen LogP contribution in [0, 0.1) is 17.3 Å². The molecule has 1 aromatic rings. The van der Waals surface area contributed by atoms with Crippen molar-refractivity contribution < 1.29 is 4.79 Å². The van der Waals surface area contributed by atoms with Gasteiger partial charge in [-0.05, 0) is 37.0 Å². The van der Waals surface area contributed by atoms with Crippen LogP contribution in [-0.2, 0) is 4.79 Å². The Bertz CT molecular complexity index is 535. The fraction of sp³-hybridized carbons (Fsp3) is 0.750. The molecule has 21 heavy (non-hydrogen) atoms. The van der Waals surface area contributed by atoms with E-state index in [2.05, 4.69) is 36.5 Å². The van der Waals surface area contributed by atoms with Crippen molar-refractivity contribution in [3.63, 3.8) is 0 Å². The molecule has 0 saturated heterocycles. The second-order valence-electron chi connectivity index (χ2n) is 7.24. The number of thiazole rings is 1. The molecule has 3 N–H and O–H groups in total. The fourth-order valence-electron chi connectivity index (χ4n) is 3.42. The topological polar surface area (TPSA) is 68.0 Å². The van der Waals surface area contributed by atoms with Gasteiger partial charge in [-0.1, -0.05) is 20.8 Å².